The van der Waals surface area contributed by atoms with Crippen LogP contribution in [0.3, 0.4) is 0 Å². The minimum Gasteiger partial charge on any atom is -0.339 e. The molecule has 5 amide bonds. The molecule has 4 atom stereocenters. The minimum absolute atomic E-state index is 0.0227. The predicted octanol–water partition coefficient (Wildman–Crippen LogP) is 3.57. The third-order valence-electron chi connectivity index (χ3n) is 7.40. The molecule has 0 radical (unpaired) electrons. The van der Waals surface area contributed by atoms with Crippen molar-refractivity contribution < 1.29 is 24.0 Å². The summed E-state index contributed by atoms with van der Waals surface area (Å²) < 4.78 is 0. The van der Waals surface area contributed by atoms with E-state index in [-0.39, 0.29) is 92.2 Å². The van der Waals surface area contributed by atoms with Crippen molar-refractivity contribution in [2.45, 2.75) is 73.1 Å². The second-order valence-electron chi connectivity index (χ2n) is 9.71. The maximum atomic E-state index is 13.0. The van der Waals surface area contributed by atoms with Gasteiger partial charge in [-0.15, -0.1) is 0 Å². The van der Waals surface area contributed by atoms with Gasteiger partial charge < -0.3 is 4.90 Å². The summed E-state index contributed by atoms with van der Waals surface area (Å²) in [5.41, 5.74) is 0. The zero-order valence-corrected chi connectivity index (χ0v) is 22.6. The van der Waals surface area contributed by atoms with Crippen LogP contribution in [0.4, 0.5) is 0 Å². The molecular weight excluding hydrogens is 458 g/mol. The number of carbonyl (C=O) groups excluding carboxylic acids is 5. The summed E-state index contributed by atoms with van der Waals surface area (Å²) in [4.78, 5) is 67.5. The first-order valence-electron chi connectivity index (χ1n) is 13.5. The highest BCUT2D eigenvalue weighted by Crippen LogP contribution is 2.31. The molecule has 200 valence electrons. The molecular formula is C28H43N3O5. The molecule has 0 saturated carbocycles. The first kappa shape index (κ1) is 29.5. The van der Waals surface area contributed by atoms with Crippen molar-refractivity contribution >= 4 is 29.5 Å². The summed E-state index contributed by atoms with van der Waals surface area (Å²) in [6.07, 6.45) is 11.8. The van der Waals surface area contributed by atoms with Gasteiger partial charge in [0.2, 0.25) is 29.5 Å². The van der Waals surface area contributed by atoms with E-state index in [9.17, 15) is 24.0 Å². The fourth-order valence-electron chi connectivity index (χ4n) is 5.16. The molecule has 36 heavy (non-hydrogen) atoms. The van der Waals surface area contributed by atoms with Gasteiger partial charge in [0, 0.05) is 45.9 Å². The van der Waals surface area contributed by atoms with Crippen LogP contribution in [0.1, 0.15) is 73.1 Å². The van der Waals surface area contributed by atoms with E-state index >= 15 is 0 Å². The smallest absolute Gasteiger partial charge is 0.233 e. The van der Waals surface area contributed by atoms with Crippen molar-refractivity contribution in [2.24, 2.45) is 23.7 Å². The Labute approximate surface area is 215 Å². The van der Waals surface area contributed by atoms with E-state index in [1.807, 2.05) is 52.0 Å². The first-order chi connectivity index (χ1) is 17.2. The van der Waals surface area contributed by atoms with E-state index in [0.717, 1.165) is 25.7 Å². The molecule has 0 aromatic carbocycles. The summed E-state index contributed by atoms with van der Waals surface area (Å²) in [5, 5.41) is 0. The van der Waals surface area contributed by atoms with Gasteiger partial charge in [0.25, 0.3) is 0 Å². The monoisotopic (exact) mass is 501 g/mol. The summed E-state index contributed by atoms with van der Waals surface area (Å²) in [7, 11) is 0. The molecule has 2 aliphatic rings. The van der Waals surface area contributed by atoms with Gasteiger partial charge >= 0.3 is 0 Å². The molecule has 8 heteroatoms. The summed E-state index contributed by atoms with van der Waals surface area (Å²) >= 11 is 0. The van der Waals surface area contributed by atoms with E-state index in [2.05, 4.69) is 0 Å². The molecule has 0 aromatic heterocycles. The number of hydrogen-bond acceptors (Lipinski definition) is 5. The third kappa shape index (κ3) is 7.14. The number of carbonyl (C=O) groups is 5. The summed E-state index contributed by atoms with van der Waals surface area (Å²) in [6.45, 7) is 10.1. The van der Waals surface area contributed by atoms with E-state index in [0.29, 0.717) is 0 Å². The molecule has 0 bridgehead atoms. The fourth-order valence-corrected chi connectivity index (χ4v) is 5.16. The Morgan fingerprint density at radius 1 is 0.806 bits per heavy atom. The second-order valence-corrected chi connectivity index (χ2v) is 9.71. The number of hydrogen-bond donors (Lipinski definition) is 0. The number of amides is 5. The zero-order valence-electron chi connectivity index (χ0n) is 22.6. The van der Waals surface area contributed by atoms with Crippen LogP contribution in [-0.4, -0.2) is 70.4 Å². The average molecular weight is 502 g/mol. The summed E-state index contributed by atoms with van der Waals surface area (Å²) in [5.74, 6) is -1.70. The Kier molecular flexibility index (Phi) is 11.5. The Morgan fingerprint density at radius 3 is 1.50 bits per heavy atom. The van der Waals surface area contributed by atoms with Crippen LogP contribution < -0.4 is 0 Å². The van der Waals surface area contributed by atoms with Gasteiger partial charge in [0.05, 0.1) is 11.8 Å². The molecule has 2 saturated heterocycles. The van der Waals surface area contributed by atoms with Crippen LogP contribution in [0.2, 0.25) is 0 Å². The Bertz CT molecular complexity index is 816. The van der Waals surface area contributed by atoms with Gasteiger partial charge in [-0.25, -0.2) is 0 Å². The molecule has 2 heterocycles. The molecule has 2 rings (SSSR count). The molecule has 0 aromatic rings. The van der Waals surface area contributed by atoms with Crippen molar-refractivity contribution in [3.8, 4) is 0 Å². The van der Waals surface area contributed by atoms with Crippen molar-refractivity contribution in [2.75, 3.05) is 26.2 Å². The van der Waals surface area contributed by atoms with Gasteiger partial charge in [-0.1, -0.05) is 52.0 Å². The standard InChI is InChI=1S/C28H43N3O5/c1-6-10-12-21(8-3)23-18-25(33)30(27(23)35)16-14-29(20(5)32)15-17-31-26(34)19-24(28(31)36)22(9-4)13-11-7-2/h10-13,21-24H,6-9,14-19H2,1-5H3/b12-10+,13-11+. The Balaban J connectivity index is 1.98. The maximum Gasteiger partial charge on any atom is 0.233 e. The number of nitrogens with zero attached hydrogens (tertiary/aromatic N) is 3. The molecule has 0 spiro atoms. The van der Waals surface area contributed by atoms with Crippen LogP contribution in [0.5, 0.6) is 0 Å². The quantitative estimate of drug-likeness (QED) is 0.268. The van der Waals surface area contributed by atoms with Crippen LogP contribution in [0.25, 0.3) is 0 Å². The normalized spacial score (nSPS) is 22.5. The van der Waals surface area contributed by atoms with Crippen molar-refractivity contribution in [1.29, 1.82) is 0 Å². The maximum absolute atomic E-state index is 13.0. The van der Waals surface area contributed by atoms with Crippen molar-refractivity contribution in [3.05, 3.63) is 24.3 Å². The zero-order chi connectivity index (χ0) is 26.8. The van der Waals surface area contributed by atoms with Crippen LogP contribution in [0, 0.1) is 23.7 Å². The number of allylic oxidation sites excluding steroid dienone is 4. The van der Waals surface area contributed by atoms with E-state index in [1.165, 1.54) is 21.6 Å². The number of imide groups is 2. The molecule has 8 nitrogen and oxygen atoms in total. The SMILES string of the molecule is CC/C=C/C(CC)C1CC(=O)N(CCN(CCN2C(=O)CC(C(/C=C/CC)CC)C2=O)C(C)=O)C1=O. The summed E-state index contributed by atoms with van der Waals surface area (Å²) in [6, 6.07) is 0. The fraction of sp³-hybridized carbons (Fsp3) is 0.679. The van der Waals surface area contributed by atoms with E-state index in [1.54, 1.807) is 0 Å². The van der Waals surface area contributed by atoms with Gasteiger partial charge in [0.15, 0.2) is 0 Å². The highest BCUT2D eigenvalue weighted by molar-refractivity contribution is 6.04. The molecule has 2 aliphatic heterocycles. The lowest BCUT2D eigenvalue weighted by atomic mass is 9.88. The minimum atomic E-state index is -0.360. The van der Waals surface area contributed by atoms with Gasteiger partial charge in [-0.2, -0.15) is 0 Å². The van der Waals surface area contributed by atoms with Gasteiger partial charge in [-0.05, 0) is 37.5 Å². The second kappa shape index (κ2) is 14.1. The van der Waals surface area contributed by atoms with Crippen LogP contribution >= 0.6 is 0 Å². The van der Waals surface area contributed by atoms with E-state index < -0.39 is 0 Å². The van der Waals surface area contributed by atoms with E-state index in [4.69, 9.17) is 0 Å². The number of rotatable bonds is 14. The Hall–Kier alpha value is -2.77. The Morgan fingerprint density at radius 2 is 1.19 bits per heavy atom. The first-order valence-corrected chi connectivity index (χ1v) is 13.5. The molecule has 0 N–H and O–H groups in total. The molecule has 2 fully saturated rings. The number of likely N-dealkylation sites (tertiary alicyclic amines) is 2. The molecule has 0 aliphatic carbocycles. The molecule has 4 unspecified atom stereocenters. The van der Waals surface area contributed by atoms with Gasteiger partial charge in [-0.3, -0.25) is 33.8 Å². The lowest BCUT2D eigenvalue weighted by molar-refractivity contribution is -0.141. The lowest BCUT2D eigenvalue weighted by Crippen LogP contribution is -2.44. The predicted molar refractivity (Wildman–Crippen MR) is 138 cm³/mol. The lowest BCUT2D eigenvalue weighted by Gasteiger charge is -2.26. The van der Waals surface area contributed by atoms with Crippen molar-refractivity contribution in [1.82, 2.24) is 14.7 Å². The average Bonchev–Trinajstić information content (AvgIpc) is 3.29. The third-order valence-corrected chi connectivity index (χ3v) is 7.40. The van der Waals surface area contributed by atoms with Gasteiger partial charge in [0.1, 0.15) is 0 Å². The van der Waals surface area contributed by atoms with Crippen molar-refractivity contribution in [3.63, 3.8) is 0 Å². The highest BCUT2D eigenvalue weighted by atomic mass is 16.2. The van der Waals surface area contributed by atoms with Crippen LogP contribution in [-0.2, 0) is 24.0 Å². The highest BCUT2D eigenvalue weighted by Gasteiger charge is 2.43. The largest absolute Gasteiger partial charge is 0.339 e. The van der Waals surface area contributed by atoms with Crippen LogP contribution in [0.15, 0.2) is 24.3 Å². The topological polar surface area (TPSA) is 95.1 Å².